The van der Waals surface area contributed by atoms with E-state index >= 15 is 0 Å². The highest BCUT2D eigenvalue weighted by Gasteiger charge is 2.03. The standard InChI is InChI=1S/C15H15N3O/c16-9-12-5-6-18-10-13(17-15(18)8-12)7-11-1-3-14(19)4-2-11/h1-6,8,10,19H,7,9,16H2. The van der Waals surface area contributed by atoms with Gasteiger partial charge in [0.15, 0.2) is 0 Å². The van der Waals surface area contributed by atoms with E-state index in [-0.39, 0.29) is 5.75 Å². The van der Waals surface area contributed by atoms with E-state index in [0.717, 1.165) is 28.9 Å². The van der Waals surface area contributed by atoms with Crippen molar-refractivity contribution in [1.29, 1.82) is 0 Å². The van der Waals surface area contributed by atoms with Crippen LogP contribution in [0.2, 0.25) is 0 Å². The molecule has 0 spiro atoms. The minimum atomic E-state index is 0.284. The maximum absolute atomic E-state index is 9.26. The fourth-order valence-electron chi connectivity index (χ4n) is 2.11. The van der Waals surface area contributed by atoms with E-state index < -0.39 is 0 Å². The molecule has 0 aliphatic heterocycles. The van der Waals surface area contributed by atoms with Gasteiger partial charge in [-0.05, 0) is 35.4 Å². The van der Waals surface area contributed by atoms with Crippen LogP contribution in [0.15, 0.2) is 48.8 Å². The second-order valence-electron chi connectivity index (χ2n) is 4.58. The first kappa shape index (κ1) is 11.7. The molecular weight excluding hydrogens is 238 g/mol. The van der Waals surface area contributed by atoms with Crippen molar-refractivity contribution in [3.8, 4) is 5.75 Å². The zero-order valence-electron chi connectivity index (χ0n) is 10.5. The molecule has 1 aromatic carbocycles. The van der Waals surface area contributed by atoms with Crippen LogP contribution in [0.3, 0.4) is 0 Å². The van der Waals surface area contributed by atoms with Gasteiger partial charge >= 0.3 is 0 Å². The molecule has 0 saturated heterocycles. The van der Waals surface area contributed by atoms with Crippen LogP contribution in [0, 0.1) is 0 Å². The van der Waals surface area contributed by atoms with Crippen molar-refractivity contribution in [1.82, 2.24) is 9.38 Å². The molecule has 2 aromatic heterocycles. The third kappa shape index (κ3) is 2.44. The molecule has 4 heteroatoms. The molecule has 0 radical (unpaired) electrons. The molecule has 19 heavy (non-hydrogen) atoms. The molecule has 3 N–H and O–H groups in total. The fourth-order valence-corrected chi connectivity index (χ4v) is 2.11. The lowest BCUT2D eigenvalue weighted by atomic mass is 10.1. The Kier molecular flexibility index (Phi) is 2.93. The monoisotopic (exact) mass is 253 g/mol. The lowest BCUT2D eigenvalue weighted by molar-refractivity contribution is 0.475. The maximum atomic E-state index is 9.26. The Morgan fingerprint density at radius 3 is 2.63 bits per heavy atom. The number of benzene rings is 1. The number of pyridine rings is 1. The van der Waals surface area contributed by atoms with Gasteiger partial charge in [-0.2, -0.15) is 0 Å². The summed E-state index contributed by atoms with van der Waals surface area (Å²) < 4.78 is 1.99. The zero-order chi connectivity index (χ0) is 13.2. The summed E-state index contributed by atoms with van der Waals surface area (Å²) in [4.78, 5) is 4.58. The SMILES string of the molecule is NCc1ccn2cc(Cc3ccc(O)cc3)nc2c1. The Morgan fingerprint density at radius 1 is 1.11 bits per heavy atom. The van der Waals surface area contributed by atoms with E-state index in [1.54, 1.807) is 12.1 Å². The van der Waals surface area contributed by atoms with Crippen molar-refractivity contribution in [2.75, 3.05) is 0 Å². The van der Waals surface area contributed by atoms with Crippen LogP contribution in [0.1, 0.15) is 16.8 Å². The molecule has 0 amide bonds. The Balaban J connectivity index is 1.90. The summed E-state index contributed by atoms with van der Waals surface area (Å²) in [7, 11) is 0. The number of rotatable bonds is 3. The van der Waals surface area contributed by atoms with Gasteiger partial charge in [0.05, 0.1) is 5.69 Å². The molecule has 0 unspecified atom stereocenters. The van der Waals surface area contributed by atoms with E-state index in [1.807, 2.05) is 41.1 Å². The van der Waals surface area contributed by atoms with E-state index in [0.29, 0.717) is 6.54 Å². The smallest absolute Gasteiger partial charge is 0.137 e. The number of hydrogen-bond donors (Lipinski definition) is 2. The maximum Gasteiger partial charge on any atom is 0.137 e. The number of aromatic hydroxyl groups is 1. The van der Waals surface area contributed by atoms with E-state index in [2.05, 4.69) is 4.98 Å². The van der Waals surface area contributed by atoms with Gasteiger partial charge in [0.1, 0.15) is 11.4 Å². The van der Waals surface area contributed by atoms with Crippen molar-refractivity contribution in [2.24, 2.45) is 5.73 Å². The number of fused-ring (bicyclic) bond motifs is 1. The third-order valence-corrected chi connectivity index (χ3v) is 3.13. The second kappa shape index (κ2) is 4.74. The van der Waals surface area contributed by atoms with Crippen LogP contribution < -0.4 is 5.73 Å². The zero-order valence-corrected chi connectivity index (χ0v) is 10.5. The molecule has 2 heterocycles. The van der Waals surface area contributed by atoms with Gasteiger partial charge in [-0.25, -0.2) is 4.98 Å². The van der Waals surface area contributed by atoms with Crippen LogP contribution in [0.4, 0.5) is 0 Å². The minimum Gasteiger partial charge on any atom is -0.508 e. The molecule has 0 aliphatic carbocycles. The summed E-state index contributed by atoms with van der Waals surface area (Å²) in [5.74, 6) is 0.284. The van der Waals surface area contributed by atoms with Crippen LogP contribution in [0.5, 0.6) is 5.75 Å². The molecule has 0 bridgehead atoms. The van der Waals surface area contributed by atoms with Crippen LogP contribution in [-0.4, -0.2) is 14.5 Å². The molecule has 0 fully saturated rings. The summed E-state index contributed by atoms with van der Waals surface area (Å²) in [6.07, 6.45) is 4.74. The largest absolute Gasteiger partial charge is 0.508 e. The molecule has 4 nitrogen and oxygen atoms in total. The Bertz CT molecular complexity index is 701. The summed E-state index contributed by atoms with van der Waals surface area (Å²) in [5, 5.41) is 9.26. The molecule has 3 rings (SSSR count). The van der Waals surface area contributed by atoms with E-state index in [4.69, 9.17) is 5.73 Å². The van der Waals surface area contributed by atoms with Gasteiger partial charge in [-0.15, -0.1) is 0 Å². The summed E-state index contributed by atoms with van der Waals surface area (Å²) in [6.45, 7) is 0.524. The highest BCUT2D eigenvalue weighted by atomic mass is 16.3. The van der Waals surface area contributed by atoms with Crippen molar-refractivity contribution >= 4 is 5.65 Å². The minimum absolute atomic E-state index is 0.284. The van der Waals surface area contributed by atoms with Crippen LogP contribution in [-0.2, 0) is 13.0 Å². The van der Waals surface area contributed by atoms with Gasteiger partial charge < -0.3 is 15.2 Å². The summed E-state index contributed by atoms with van der Waals surface area (Å²) >= 11 is 0. The van der Waals surface area contributed by atoms with Crippen molar-refractivity contribution in [3.05, 3.63) is 65.6 Å². The highest BCUT2D eigenvalue weighted by Crippen LogP contribution is 2.15. The summed E-state index contributed by atoms with van der Waals surface area (Å²) in [6, 6.07) is 11.2. The Hall–Kier alpha value is -2.33. The molecule has 3 aromatic rings. The Labute approximate surface area is 111 Å². The lowest BCUT2D eigenvalue weighted by Crippen LogP contribution is -1.96. The van der Waals surface area contributed by atoms with Gasteiger partial charge in [-0.3, -0.25) is 0 Å². The third-order valence-electron chi connectivity index (χ3n) is 3.13. The van der Waals surface area contributed by atoms with Crippen molar-refractivity contribution < 1.29 is 5.11 Å². The number of aromatic nitrogens is 2. The Morgan fingerprint density at radius 2 is 1.89 bits per heavy atom. The topological polar surface area (TPSA) is 63.5 Å². The normalized spacial score (nSPS) is 11.0. The number of phenols is 1. The predicted molar refractivity (Wildman–Crippen MR) is 74.0 cm³/mol. The van der Waals surface area contributed by atoms with Crippen LogP contribution in [0.25, 0.3) is 5.65 Å². The quantitative estimate of drug-likeness (QED) is 0.751. The van der Waals surface area contributed by atoms with Crippen molar-refractivity contribution in [2.45, 2.75) is 13.0 Å². The number of phenolic OH excluding ortho intramolecular Hbond substituents is 1. The number of imidazole rings is 1. The van der Waals surface area contributed by atoms with Gasteiger partial charge in [0.25, 0.3) is 0 Å². The lowest BCUT2D eigenvalue weighted by Gasteiger charge is -1.97. The molecule has 0 aliphatic rings. The van der Waals surface area contributed by atoms with Gasteiger partial charge in [0, 0.05) is 25.4 Å². The number of hydrogen-bond acceptors (Lipinski definition) is 3. The van der Waals surface area contributed by atoms with E-state index in [9.17, 15) is 5.11 Å². The first-order chi connectivity index (χ1) is 9.24. The molecule has 0 saturated carbocycles. The van der Waals surface area contributed by atoms with Crippen molar-refractivity contribution in [3.63, 3.8) is 0 Å². The van der Waals surface area contributed by atoms with Crippen LogP contribution >= 0.6 is 0 Å². The molecular formula is C15H15N3O. The van der Waals surface area contributed by atoms with E-state index in [1.165, 1.54) is 0 Å². The molecule has 0 atom stereocenters. The van der Waals surface area contributed by atoms with Gasteiger partial charge in [0.2, 0.25) is 0 Å². The average molecular weight is 253 g/mol. The van der Waals surface area contributed by atoms with Gasteiger partial charge in [-0.1, -0.05) is 12.1 Å². The fraction of sp³-hybridized carbons (Fsp3) is 0.133. The highest BCUT2D eigenvalue weighted by molar-refractivity contribution is 5.43. The second-order valence-corrected chi connectivity index (χ2v) is 4.58. The number of nitrogens with zero attached hydrogens (tertiary/aromatic N) is 2. The number of nitrogens with two attached hydrogens (primary N) is 1. The summed E-state index contributed by atoms with van der Waals surface area (Å²) in [5.41, 5.74) is 9.74. The average Bonchev–Trinajstić information content (AvgIpc) is 2.82. The first-order valence-corrected chi connectivity index (χ1v) is 6.19. The molecule has 96 valence electrons. The first-order valence-electron chi connectivity index (χ1n) is 6.19. The predicted octanol–water partition coefficient (Wildman–Crippen LogP) is 2.09.